The average molecular weight is 733 g/mol. The minimum absolute atomic E-state index is 0.647. The van der Waals surface area contributed by atoms with Crippen LogP contribution in [0.1, 0.15) is 0 Å². The lowest BCUT2D eigenvalue weighted by atomic mass is 10.00. The molecule has 11 aromatic rings. The number of rotatable bonds is 6. The van der Waals surface area contributed by atoms with E-state index in [0.29, 0.717) is 17.5 Å². The van der Waals surface area contributed by atoms with Gasteiger partial charge < -0.3 is 4.57 Å². The van der Waals surface area contributed by atoms with Crippen LogP contribution in [0.3, 0.4) is 0 Å². The second kappa shape index (κ2) is 13.3. The van der Waals surface area contributed by atoms with Crippen LogP contribution in [0, 0.1) is 0 Å². The maximum Gasteiger partial charge on any atom is 0.164 e. The monoisotopic (exact) mass is 732 g/mol. The third-order valence-corrected chi connectivity index (χ3v) is 11.9. The van der Waals surface area contributed by atoms with E-state index in [4.69, 9.17) is 15.0 Å². The molecule has 5 heteroatoms. The van der Waals surface area contributed by atoms with E-state index < -0.39 is 0 Å². The minimum atomic E-state index is 0.647. The number of nitrogens with zero attached hydrogens (tertiary/aromatic N) is 4. The highest BCUT2D eigenvalue weighted by Crippen LogP contribution is 2.46. The number of fused-ring (bicyclic) bond motifs is 7. The van der Waals surface area contributed by atoms with Crippen LogP contribution in [0.15, 0.2) is 194 Å². The summed E-state index contributed by atoms with van der Waals surface area (Å²) in [5, 5.41) is 5.07. The summed E-state index contributed by atoms with van der Waals surface area (Å²) < 4.78 is 4.98. The zero-order valence-electron chi connectivity index (χ0n) is 30.2. The van der Waals surface area contributed by atoms with Gasteiger partial charge in [-0.25, -0.2) is 15.0 Å². The zero-order chi connectivity index (χ0) is 37.0. The second-order valence-corrected chi connectivity index (χ2v) is 15.0. The molecule has 0 saturated carbocycles. The standard InChI is InChI=1S/C51H32N4S/c1-5-15-33(16-6-1)36-27-28-43-45(32-36)55(39-23-11-4-12-24-39)44-30-29-42-41-26-14-25-40(47(41)56-48(42)46(43)44)37-21-13-22-38(31-37)51-53-49(34-17-7-2-8-18-34)52-50(54-51)35-19-9-3-10-20-35/h1-32H. The molecule has 0 bridgehead atoms. The quantitative estimate of drug-likeness (QED) is 0.171. The molecule has 0 amide bonds. The van der Waals surface area contributed by atoms with Crippen molar-refractivity contribution in [3.63, 3.8) is 0 Å². The molecule has 0 aliphatic heterocycles. The molecule has 0 aliphatic carbocycles. The van der Waals surface area contributed by atoms with Crippen LogP contribution in [-0.4, -0.2) is 19.5 Å². The number of hydrogen-bond donors (Lipinski definition) is 0. The summed E-state index contributed by atoms with van der Waals surface area (Å²) in [5.41, 5.74) is 11.1. The molecule has 0 unspecified atom stereocenters. The van der Waals surface area contributed by atoms with Crippen molar-refractivity contribution in [2.45, 2.75) is 0 Å². The first-order valence-corrected chi connectivity index (χ1v) is 19.6. The second-order valence-electron chi connectivity index (χ2n) is 14.0. The first-order valence-electron chi connectivity index (χ1n) is 18.8. The summed E-state index contributed by atoms with van der Waals surface area (Å²) in [7, 11) is 0. The van der Waals surface area contributed by atoms with Gasteiger partial charge in [-0.1, -0.05) is 164 Å². The Hall–Kier alpha value is -7.21. The van der Waals surface area contributed by atoms with Crippen molar-refractivity contribution in [2.75, 3.05) is 0 Å². The molecule has 0 aliphatic rings. The van der Waals surface area contributed by atoms with Gasteiger partial charge in [0, 0.05) is 53.3 Å². The smallest absolute Gasteiger partial charge is 0.164 e. The van der Waals surface area contributed by atoms with Gasteiger partial charge in [0.25, 0.3) is 0 Å². The summed E-state index contributed by atoms with van der Waals surface area (Å²) in [5.74, 6) is 1.95. The van der Waals surface area contributed by atoms with Crippen LogP contribution in [0.5, 0.6) is 0 Å². The van der Waals surface area contributed by atoms with Gasteiger partial charge in [-0.05, 0) is 52.6 Å². The predicted molar refractivity (Wildman–Crippen MR) is 234 cm³/mol. The Kier molecular flexibility index (Phi) is 7.64. The van der Waals surface area contributed by atoms with Gasteiger partial charge in [0.05, 0.1) is 11.0 Å². The lowest BCUT2D eigenvalue weighted by molar-refractivity contribution is 1.07. The molecule has 0 saturated heterocycles. The first-order chi connectivity index (χ1) is 27.8. The van der Waals surface area contributed by atoms with Gasteiger partial charge in [-0.15, -0.1) is 11.3 Å². The van der Waals surface area contributed by atoms with Gasteiger partial charge in [0.1, 0.15) is 0 Å². The molecule has 3 aromatic heterocycles. The number of benzene rings is 8. The number of aromatic nitrogens is 4. The van der Waals surface area contributed by atoms with E-state index in [2.05, 4.69) is 138 Å². The third kappa shape index (κ3) is 5.40. The molecular formula is C51H32N4S. The Morgan fingerprint density at radius 2 is 0.875 bits per heavy atom. The van der Waals surface area contributed by atoms with E-state index >= 15 is 0 Å². The highest BCUT2D eigenvalue weighted by molar-refractivity contribution is 7.27. The molecule has 0 radical (unpaired) electrons. The van der Waals surface area contributed by atoms with Crippen molar-refractivity contribution in [3.8, 4) is 62.1 Å². The van der Waals surface area contributed by atoms with E-state index in [9.17, 15) is 0 Å². The number of para-hydroxylation sites is 1. The fraction of sp³-hybridized carbons (Fsp3) is 0. The van der Waals surface area contributed by atoms with E-state index in [1.54, 1.807) is 0 Å². The molecule has 0 fully saturated rings. The molecule has 3 heterocycles. The highest BCUT2D eigenvalue weighted by atomic mass is 32.1. The largest absolute Gasteiger partial charge is 0.309 e. The zero-order valence-corrected chi connectivity index (χ0v) is 31.0. The van der Waals surface area contributed by atoms with Crippen molar-refractivity contribution in [1.82, 2.24) is 19.5 Å². The summed E-state index contributed by atoms with van der Waals surface area (Å²) >= 11 is 1.88. The van der Waals surface area contributed by atoms with Gasteiger partial charge in [-0.2, -0.15) is 0 Å². The lowest BCUT2D eigenvalue weighted by Gasteiger charge is -2.10. The maximum absolute atomic E-state index is 5.03. The Morgan fingerprint density at radius 3 is 1.55 bits per heavy atom. The topological polar surface area (TPSA) is 43.6 Å². The number of thiophene rings is 1. The third-order valence-electron chi connectivity index (χ3n) is 10.6. The van der Waals surface area contributed by atoms with Crippen molar-refractivity contribution in [1.29, 1.82) is 0 Å². The van der Waals surface area contributed by atoms with E-state index in [-0.39, 0.29) is 0 Å². The Balaban J connectivity index is 1.10. The predicted octanol–water partition coefficient (Wildman–Crippen LogP) is 13.7. The fourth-order valence-corrected chi connectivity index (χ4v) is 9.40. The fourth-order valence-electron chi connectivity index (χ4n) is 8.01. The molecule has 0 N–H and O–H groups in total. The van der Waals surface area contributed by atoms with Gasteiger partial charge >= 0.3 is 0 Å². The van der Waals surface area contributed by atoms with Gasteiger partial charge in [-0.3, -0.25) is 0 Å². The Morgan fingerprint density at radius 1 is 0.339 bits per heavy atom. The molecule has 8 aromatic carbocycles. The van der Waals surface area contributed by atoms with Crippen LogP contribution in [0.25, 0.3) is 104 Å². The van der Waals surface area contributed by atoms with E-state index in [1.807, 2.05) is 72.0 Å². The van der Waals surface area contributed by atoms with Crippen LogP contribution in [-0.2, 0) is 0 Å². The van der Waals surface area contributed by atoms with Crippen molar-refractivity contribution in [2.24, 2.45) is 0 Å². The van der Waals surface area contributed by atoms with Crippen LogP contribution < -0.4 is 0 Å². The van der Waals surface area contributed by atoms with E-state index in [1.165, 1.54) is 58.7 Å². The van der Waals surface area contributed by atoms with Gasteiger partial charge in [0.15, 0.2) is 17.5 Å². The molecule has 4 nitrogen and oxygen atoms in total. The molecule has 0 spiro atoms. The van der Waals surface area contributed by atoms with Crippen LogP contribution in [0.4, 0.5) is 0 Å². The maximum atomic E-state index is 5.03. The van der Waals surface area contributed by atoms with Crippen molar-refractivity contribution >= 4 is 53.3 Å². The van der Waals surface area contributed by atoms with Crippen LogP contribution in [0.2, 0.25) is 0 Å². The van der Waals surface area contributed by atoms with Gasteiger partial charge in [0.2, 0.25) is 0 Å². The molecule has 11 rings (SSSR count). The van der Waals surface area contributed by atoms with Crippen molar-refractivity contribution in [3.05, 3.63) is 194 Å². The summed E-state index contributed by atoms with van der Waals surface area (Å²) in [6.45, 7) is 0. The molecule has 56 heavy (non-hydrogen) atoms. The molecular weight excluding hydrogens is 701 g/mol. The summed E-state index contributed by atoms with van der Waals surface area (Å²) in [6.07, 6.45) is 0. The average Bonchev–Trinajstić information content (AvgIpc) is 3.83. The highest BCUT2D eigenvalue weighted by Gasteiger charge is 2.20. The van der Waals surface area contributed by atoms with Crippen molar-refractivity contribution < 1.29 is 0 Å². The molecule has 262 valence electrons. The van der Waals surface area contributed by atoms with Crippen LogP contribution >= 0.6 is 11.3 Å². The Labute approximate surface area is 327 Å². The SMILES string of the molecule is c1ccc(-c2ccc3c4c5sc6c(-c7cccc(-c8nc(-c9ccccc9)nc(-c9ccccc9)n8)c7)cccc6c5ccc4n(-c4ccccc4)c3c2)cc1. The van der Waals surface area contributed by atoms with E-state index in [0.717, 1.165) is 27.9 Å². The first kappa shape index (κ1) is 32.2. The minimum Gasteiger partial charge on any atom is -0.309 e. The number of hydrogen-bond acceptors (Lipinski definition) is 4. The summed E-state index contributed by atoms with van der Waals surface area (Å²) in [6, 6.07) is 68.5. The lowest BCUT2D eigenvalue weighted by Crippen LogP contribution is -2.00. The summed E-state index contributed by atoms with van der Waals surface area (Å²) in [4.78, 5) is 15.0. The molecule has 0 atom stereocenters. The Bertz CT molecular complexity index is 3170. The normalized spacial score (nSPS) is 11.6.